The SMILES string of the molecule is Cn1c(=O)c2c(c(Cl)nn2Cc2ccc(F)cc2)n(C)c1=O. The summed E-state index contributed by atoms with van der Waals surface area (Å²) in [6.07, 6.45) is 0. The van der Waals surface area contributed by atoms with Gasteiger partial charge in [0, 0.05) is 14.1 Å². The molecule has 3 rings (SSSR count). The molecule has 0 atom stereocenters. The number of aromatic nitrogens is 4. The molecule has 0 fully saturated rings. The van der Waals surface area contributed by atoms with Gasteiger partial charge in [0.05, 0.1) is 6.54 Å². The molecule has 2 heterocycles. The predicted molar refractivity (Wildman–Crippen MR) is 80.7 cm³/mol. The Morgan fingerprint density at radius 1 is 1.09 bits per heavy atom. The van der Waals surface area contributed by atoms with Gasteiger partial charge in [-0.15, -0.1) is 0 Å². The van der Waals surface area contributed by atoms with Gasteiger partial charge in [0.15, 0.2) is 10.7 Å². The molecule has 0 unspecified atom stereocenters. The normalized spacial score (nSPS) is 11.3. The molecule has 0 aliphatic carbocycles. The van der Waals surface area contributed by atoms with Crippen LogP contribution in [0.2, 0.25) is 5.15 Å². The Bertz CT molecular complexity index is 985. The van der Waals surface area contributed by atoms with Crippen molar-refractivity contribution >= 4 is 22.6 Å². The third kappa shape index (κ3) is 2.14. The fraction of sp³-hybridized carbons (Fsp3) is 0.214. The van der Waals surface area contributed by atoms with Crippen molar-refractivity contribution < 1.29 is 4.39 Å². The lowest BCUT2D eigenvalue weighted by atomic mass is 10.2. The van der Waals surface area contributed by atoms with Crippen molar-refractivity contribution in [3.63, 3.8) is 0 Å². The monoisotopic (exact) mass is 322 g/mol. The van der Waals surface area contributed by atoms with E-state index in [-0.39, 0.29) is 28.5 Å². The first kappa shape index (κ1) is 14.5. The topological polar surface area (TPSA) is 61.8 Å². The quantitative estimate of drug-likeness (QED) is 0.714. The first-order valence-corrected chi connectivity index (χ1v) is 6.84. The van der Waals surface area contributed by atoms with E-state index in [0.717, 1.165) is 10.1 Å². The van der Waals surface area contributed by atoms with Crippen LogP contribution in [0.1, 0.15) is 5.56 Å². The number of nitrogens with zero attached hydrogens (tertiary/aromatic N) is 4. The third-order valence-corrected chi connectivity index (χ3v) is 3.80. The van der Waals surface area contributed by atoms with Crippen LogP contribution in [0.15, 0.2) is 33.9 Å². The molecule has 0 bridgehead atoms. The molecular formula is C14H12ClFN4O2. The van der Waals surface area contributed by atoms with Gasteiger partial charge in [0.1, 0.15) is 11.3 Å². The first-order chi connectivity index (χ1) is 10.4. The van der Waals surface area contributed by atoms with Gasteiger partial charge in [-0.2, -0.15) is 5.10 Å². The van der Waals surface area contributed by atoms with Crippen LogP contribution in [0.3, 0.4) is 0 Å². The van der Waals surface area contributed by atoms with Crippen molar-refractivity contribution in [1.29, 1.82) is 0 Å². The van der Waals surface area contributed by atoms with Crippen molar-refractivity contribution in [2.45, 2.75) is 6.54 Å². The van der Waals surface area contributed by atoms with Gasteiger partial charge < -0.3 is 0 Å². The number of rotatable bonds is 2. The van der Waals surface area contributed by atoms with Crippen LogP contribution in [0.25, 0.3) is 11.0 Å². The summed E-state index contributed by atoms with van der Waals surface area (Å²) in [7, 11) is 2.92. The van der Waals surface area contributed by atoms with Gasteiger partial charge in [-0.05, 0) is 17.7 Å². The molecule has 22 heavy (non-hydrogen) atoms. The van der Waals surface area contributed by atoms with Crippen molar-refractivity contribution in [2.75, 3.05) is 0 Å². The highest BCUT2D eigenvalue weighted by Crippen LogP contribution is 2.19. The van der Waals surface area contributed by atoms with E-state index in [4.69, 9.17) is 11.6 Å². The summed E-state index contributed by atoms with van der Waals surface area (Å²) in [4.78, 5) is 24.3. The molecule has 0 N–H and O–H groups in total. The highest BCUT2D eigenvalue weighted by molar-refractivity contribution is 6.33. The van der Waals surface area contributed by atoms with E-state index in [9.17, 15) is 14.0 Å². The van der Waals surface area contributed by atoms with Gasteiger partial charge >= 0.3 is 5.69 Å². The number of aryl methyl sites for hydroxylation is 1. The summed E-state index contributed by atoms with van der Waals surface area (Å²) in [6, 6.07) is 5.86. The van der Waals surface area contributed by atoms with Crippen molar-refractivity contribution in [2.24, 2.45) is 14.1 Å². The number of halogens is 2. The van der Waals surface area contributed by atoms with Crippen LogP contribution in [-0.2, 0) is 20.6 Å². The van der Waals surface area contributed by atoms with E-state index in [1.54, 1.807) is 12.1 Å². The summed E-state index contributed by atoms with van der Waals surface area (Å²) in [5.74, 6) is -0.342. The van der Waals surface area contributed by atoms with Crippen LogP contribution < -0.4 is 11.2 Å². The summed E-state index contributed by atoms with van der Waals surface area (Å²) in [6.45, 7) is 0.247. The molecule has 8 heteroatoms. The molecule has 0 spiro atoms. The zero-order chi connectivity index (χ0) is 16.0. The average Bonchev–Trinajstić information content (AvgIpc) is 2.81. The van der Waals surface area contributed by atoms with Crippen LogP contribution >= 0.6 is 11.6 Å². The minimum Gasteiger partial charge on any atom is -0.292 e. The second-order valence-electron chi connectivity index (χ2n) is 4.98. The van der Waals surface area contributed by atoms with Gasteiger partial charge in [-0.1, -0.05) is 23.7 Å². The molecule has 114 valence electrons. The molecule has 0 aliphatic rings. The van der Waals surface area contributed by atoms with Gasteiger partial charge in [-0.25, -0.2) is 9.18 Å². The highest BCUT2D eigenvalue weighted by atomic mass is 35.5. The van der Waals surface area contributed by atoms with Gasteiger partial charge in [-0.3, -0.25) is 18.6 Å². The summed E-state index contributed by atoms with van der Waals surface area (Å²) in [5, 5.41) is 4.20. The summed E-state index contributed by atoms with van der Waals surface area (Å²) in [5.41, 5.74) is 0.342. The average molecular weight is 323 g/mol. The molecule has 2 aromatic heterocycles. The standard InChI is InChI=1S/C14H12ClFN4O2/c1-18-10-11(13(21)19(2)14(18)22)20(17-12(10)15)7-8-3-5-9(16)6-4-8/h3-6H,7H2,1-2H3. The fourth-order valence-electron chi connectivity index (χ4n) is 2.38. The fourth-order valence-corrected chi connectivity index (χ4v) is 2.68. The minimum absolute atomic E-state index is 0.0782. The Morgan fingerprint density at radius 3 is 2.36 bits per heavy atom. The molecule has 0 radical (unpaired) electrons. The molecule has 6 nitrogen and oxygen atoms in total. The second kappa shape index (κ2) is 5.10. The molecule has 0 saturated heterocycles. The van der Waals surface area contributed by atoms with Gasteiger partial charge in [0.2, 0.25) is 0 Å². The molecular weight excluding hydrogens is 311 g/mol. The molecule has 0 saturated carbocycles. The molecule has 1 aromatic carbocycles. The van der Waals surface area contributed by atoms with Crippen molar-refractivity contribution in [1.82, 2.24) is 18.9 Å². The van der Waals surface area contributed by atoms with E-state index in [1.165, 1.54) is 35.5 Å². The van der Waals surface area contributed by atoms with Crippen LogP contribution in [0.5, 0.6) is 0 Å². The lowest BCUT2D eigenvalue weighted by Gasteiger charge is -2.06. The van der Waals surface area contributed by atoms with Crippen molar-refractivity contribution in [3.05, 3.63) is 61.6 Å². The lowest BCUT2D eigenvalue weighted by Crippen LogP contribution is -2.37. The summed E-state index contributed by atoms with van der Waals surface area (Å²) < 4.78 is 16.7. The molecule has 3 aromatic rings. The third-order valence-electron chi connectivity index (χ3n) is 3.55. The highest BCUT2D eigenvalue weighted by Gasteiger charge is 2.18. The Labute approximate surface area is 129 Å². The van der Waals surface area contributed by atoms with E-state index in [1.807, 2.05) is 0 Å². The largest absolute Gasteiger partial charge is 0.331 e. The lowest BCUT2D eigenvalue weighted by molar-refractivity contribution is 0.625. The Hall–Kier alpha value is -2.41. The number of fused-ring (bicyclic) bond motifs is 1. The Kier molecular flexibility index (Phi) is 3.37. The maximum absolute atomic E-state index is 13.0. The Balaban J connectivity index is 2.25. The number of hydrogen-bond donors (Lipinski definition) is 0. The predicted octanol–water partition coefficient (Wildman–Crippen LogP) is 1.27. The van der Waals surface area contributed by atoms with Gasteiger partial charge in [0.25, 0.3) is 5.56 Å². The Morgan fingerprint density at radius 2 is 1.73 bits per heavy atom. The van der Waals surface area contributed by atoms with E-state index in [2.05, 4.69) is 5.10 Å². The zero-order valence-electron chi connectivity index (χ0n) is 11.9. The summed E-state index contributed by atoms with van der Waals surface area (Å²) >= 11 is 6.07. The molecule has 0 aliphatic heterocycles. The van der Waals surface area contributed by atoms with Crippen molar-refractivity contribution in [3.8, 4) is 0 Å². The van der Waals surface area contributed by atoms with E-state index >= 15 is 0 Å². The zero-order valence-corrected chi connectivity index (χ0v) is 12.6. The first-order valence-electron chi connectivity index (χ1n) is 6.46. The van der Waals surface area contributed by atoms with E-state index in [0.29, 0.717) is 0 Å². The number of benzene rings is 1. The second-order valence-corrected chi connectivity index (χ2v) is 5.34. The minimum atomic E-state index is -0.473. The van der Waals surface area contributed by atoms with Crippen LogP contribution in [0, 0.1) is 5.82 Å². The number of hydrogen-bond acceptors (Lipinski definition) is 3. The molecule has 0 amide bonds. The van der Waals surface area contributed by atoms with E-state index < -0.39 is 11.2 Å². The maximum atomic E-state index is 13.0. The maximum Gasteiger partial charge on any atom is 0.331 e. The van der Waals surface area contributed by atoms with Crippen LogP contribution in [-0.4, -0.2) is 18.9 Å². The smallest absolute Gasteiger partial charge is 0.292 e. The van der Waals surface area contributed by atoms with Crippen LogP contribution in [0.4, 0.5) is 4.39 Å².